The molecule has 8 heteroatoms. The van der Waals surface area contributed by atoms with E-state index in [1.54, 1.807) is 37.3 Å². The van der Waals surface area contributed by atoms with Gasteiger partial charge in [-0.3, -0.25) is 4.79 Å². The lowest BCUT2D eigenvalue weighted by molar-refractivity contribution is -0.113. The molecule has 1 aromatic heterocycles. The molecule has 6 nitrogen and oxygen atoms in total. The van der Waals surface area contributed by atoms with Gasteiger partial charge in [0.1, 0.15) is 18.2 Å². The van der Waals surface area contributed by atoms with Gasteiger partial charge < -0.3 is 10.6 Å². The van der Waals surface area contributed by atoms with Crippen molar-refractivity contribution >= 4 is 29.1 Å². The highest BCUT2D eigenvalue weighted by Crippen LogP contribution is 2.36. The lowest BCUT2D eigenvalue weighted by atomic mass is 9.94. The summed E-state index contributed by atoms with van der Waals surface area (Å²) in [6, 6.07) is 10.8. The third kappa shape index (κ3) is 3.14. The average molecular weight is 398 g/mol. The Morgan fingerprint density at radius 1 is 1.25 bits per heavy atom. The number of amides is 1. The fraction of sp³-hybridized carbons (Fsp3) is 0.150. The Morgan fingerprint density at radius 2 is 2.04 bits per heavy atom. The zero-order valence-electron chi connectivity index (χ0n) is 15.2. The quantitative estimate of drug-likeness (QED) is 0.691. The number of halogens is 2. The second-order valence-electron chi connectivity index (χ2n) is 6.53. The molecule has 2 aromatic carbocycles. The summed E-state index contributed by atoms with van der Waals surface area (Å²) in [5.41, 5.74) is 2.72. The molecule has 1 aliphatic heterocycles. The lowest BCUT2D eigenvalue weighted by Gasteiger charge is -2.29. The summed E-state index contributed by atoms with van der Waals surface area (Å²) in [5, 5.41) is 10.7. The van der Waals surface area contributed by atoms with Crippen molar-refractivity contribution in [1.82, 2.24) is 14.8 Å². The van der Waals surface area contributed by atoms with Gasteiger partial charge >= 0.3 is 0 Å². The van der Waals surface area contributed by atoms with Gasteiger partial charge in [0.25, 0.3) is 5.91 Å². The van der Waals surface area contributed by atoms with Crippen molar-refractivity contribution in [2.45, 2.75) is 19.9 Å². The van der Waals surface area contributed by atoms with Crippen LogP contribution in [0.25, 0.3) is 0 Å². The number of nitrogens with one attached hydrogen (secondary N) is 2. The summed E-state index contributed by atoms with van der Waals surface area (Å²) in [7, 11) is 0. The number of benzene rings is 2. The van der Waals surface area contributed by atoms with E-state index < -0.39 is 11.9 Å². The number of fused-ring (bicyclic) bond motifs is 1. The number of carbonyl (C=O) groups is 1. The van der Waals surface area contributed by atoms with E-state index >= 15 is 0 Å². The van der Waals surface area contributed by atoms with Crippen molar-refractivity contribution in [3.05, 3.63) is 82.0 Å². The molecule has 1 amide bonds. The molecule has 4 rings (SSSR count). The molecule has 142 valence electrons. The van der Waals surface area contributed by atoms with E-state index in [-0.39, 0.29) is 5.91 Å². The summed E-state index contributed by atoms with van der Waals surface area (Å²) in [6.45, 7) is 3.63. The number of aromatic nitrogens is 3. The van der Waals surface area contributed by atoms with E-state index in [9.17, 15) is 9.18 Å². The minimum atomic E-state index is -0.751. The number of hydrogen-bond donors (Lipinski definition) is 2. The van der Waals surface area contributed by atoms with Gasteiger partial charge in [-0.25, -0.2) is 9.07 Å². The van der Waals surface area contributed by atoms with Crippen LogP contribution in [0, 0.1) is 12.7 Å². The van der Waals surface area contributed by atoms with Crippen LogP contribution in [0.1, 0.15) is 24.1 Å². The number of rotatable bonds is 3. The Kier molecular flexibility index (Phi) is 4.60. The van der Waals surface area contributed by atoms with Crippen LogP contribution in [-0.4, -0.2) is 20.7 Å². The number of allylic oxidation sites excluding steroid dienone is 1. The van der Waals surface area contributed by atoms with Crippen LogP contribution in [0.3, 0.4) is 0 Å². The molecule has 2 N–H and O–H groups in total. The Hall–Kier alpha value is -3.19. The molecule has 2 heterocycles. The highest BCUT2D eigenvalue weighted by atomic mass is 35.5. The van der Waals surface area contributed by atoms with E-state index in [2.05, 4.69) is 20.7 Å². The van der Waals surface area contributed by atoms with E-state index in [0.29, 0.717) is 33.5 Å². The molecule has 1 atom stereocenters. The SMILES string of the molecule is CC1=C(C(=O)Nc2cc(Cl)ccc2C)[C@H](c2ccccc2F)n2ncnc2N1. The summed E-state index contributed by atoms with van der Waals surface area (Å²) >= 11 is 6.06. The highest BCUT2D eigenvalue weighted by Gasteiger charge is 2.34. The summed E-state index contributed by atoms with van der Waals surface area (Å²) in [5.74, 6) is -0.348. The summed E-state index contributed by atoms with van der Waals surface area (Å²) in [4.78, 5) is 17.4. The van der Waals surface area contributed by atoms with Crippen molar-refractivity contribution in [2.75, 3.05) is 10.6 Å². The summed E-state index contributed by atoms with van der Waals surface area (Å²) in [6.07, 6.45) is 1.37. The first kappa shape index (κ1) is 18.2. The zero-order valence-corrected chi connectivity index (χ0v) is 16.0. The fourth-order valence-electron chi connectivity index (χ4n) is 3.29. The van der Waals surface area contributed by atoms with Gasteiger partial charge in [0.05, 0.1) is 5.57 Å². The van der Waals surface area contributed by atoms with E-state index in [1.807, 2.05) is 13.0 Å². The first-order valence-electron chi connectivity index (χ1n) is 8.65. The first-order valence-corrected chi connectivity index (χ1v) is 9.02. The van der Waals surface area contributed by atoms with E-state index in [4.69, 9.17) is 11.6 Å². The number of nitrogens with zero attached hydrogens (tertiary/aromatic N) is 3. The van der Waals surface area contributed by atoms with Crippen LogP contribution < -0.4 is 10.6 Å². The second-order valence-corrected chi connectivity index (χ2v) is 6.97. The van der Waals surface area contributed by atoms with Crippen LogP contribution in [0.15, 0.2) is 60.1 Å². The monoisotopic (exact) mass is 397 g/mol. The highest BCUT2D eigenvalue weighted by molar-refractivity contribution is 6.31. The van der Waals surface area contributed by atoms with Crippen molar-refractivity contribution in [1.29, 1.82) is 0 Å². The normalized spacial score (nSPS) is 15.8. The molecule has 0 saturated carbocycles. The average Bonchev–Trinajstić information content (AvgIpc) is 3.12. The minimum absolute atomic E-state index is 0.336. The molecule has 0 bridgehead atoms. The van der Waals surface area contributed by atoms with Crippen molar-refractivity contribution in [3.63, 3.8) is 0 Å². The molecule has 0 saturated heterocycles. The van der Waals surface area contributed by atoms with Gasteiger partial charge in [0.15, 0.2) is 0 Å². The number of hydrogen-bond acceptors (Lipinski definition) is 4. The van der Waals surface area contributed by atoms with E-state index in [1.165, 1.54) is 17.1 Å². The Morgan fingerprint density at radius 3 is 2.82 bits per heavy atom. The molecule has 0 unspecified atom stereocenters. The fourth-order valence-corrected chi connectivity index (χ4v) is 3.46. The van der Waals surface area contributed by atoms with Crippen molar-refractivity contribution in [3.8, 4) is 0 Å². The van der Waals surface area contributed by atoms with Gasteiger partial charge in [-0.05, 0) is 37.6 Å². The molecule has 0 aliphatic carbocycles. The van der Waals surface area contributed by atoms with E-state index in [0.717, 1.165) is 5.56 Å². The van der Waals surface area contributed by atoms with Crippen molar-refractivity contribution in [2.24, 2.45) is 0 Å². The van der Waals surface area contributed by atoms with Gasteiger partial charge in [-0.2, -0.15) is 10.1 Å². The maximum Gasteiger partial charge on any atom is 0.255 e. The maximum atomic E-state index is 14.6. The largest absolute Gasteiger partial charge is 0.328 e. The minimum Gasteiger partial charge on any atom is -0.328 e. The molecule has 0 radical (unpaired) electrons. The predicted molar refractivity (Wildman–Crippen MR) is 106 cm³/mol. The van der Waals surface area contributed by atoms with Crippen LogP contribution in [-0.2, 0) is 4.79 Å². The van der Waals surface area contributed by atoms with Gasteiger partial charge in [-0.1, -0.05) is 35.9 Å². The first-order chi connectivity index (χ1) is 13.5. The molecule has 0 fully saturated rings. The Labute approximate surface area is 166 Å². The maximum absolute atomic E-state index is 14.6. The van der Waals surface area contributed by atoms with Gasteiger partial charge in [0, 0.05) is 22.0 Å². The zero-order chi connectivity index (χ0) is 19.8. The predicted octanol–water partition coefficient (Wildman–Crippen LogP) is 4.31. The van der Waals surface area contributed by atoms with Crippen LogP contribution >= 0.6 is 11.6 Å². The number of carbonyl (C=O) groups excluding carboxylic acids is 1. The standard InChI is InChI=1S/C20H17ClFN5O/c1-11-7-8-13(21)9-16(11)26-19(28)17-12(2)25-20-23-10-24-27(20)18(17)14-5-3-4-6-15(14)22/h3-10,18H,1-2H3,(H,26,28)(H,23,24,25)/t18-/m0/s1. The molecular weight excluding hydrogens is 381 g/mol. The Balaban J connectivity index is 1.80. The molecule has 1 aliphatic rings. The third-order valence-corrected chi connectivity index (χ3v) is 4.92. The Bertz CT molecular complexity index is 1110. The summed E-state index contributed by atoms with van der Waals surface area (Å²) < 4.78 is 16.1. The molecule has 28 heavy (non-hydrogen) atoms. The van der Waals surface area contributed by atoms with Gasteiger partial charge in [0.2, 0.25) is 5.95 Å². The van der Waals surface area contributed by atoms with Gasteiger partial charge in [-0.15, -0.1) is 0 Å². The van der Waals surface area contributed by atoms with Crippen molar-refractivity contribution < 1.29 is 9.18 Å². The molecule has 3 aromatic rings. The molecular formula is C20H17ClFN5O. The van der Waals surface area contributed by atoms with Crippen LogP contribution in [0.2, 0.25) is 5.02 Å². The number of aryl methyl sites for hydroxylation is 1. The van der Waals surface area contributed by atoms with Crippen LogP contribution in [0.4, 0.5) is 16.0 Å². The smallest absolute Gasteiger partial charge is 0.255 e. The lowest BCUT2D eigenvalue weighted by Crippen LogP contribution is -2.32. The molecule has 0 spiro atoms. The second kappa shape index (κ2) is 7.09. The number of anilines is 2. The topological polar surface area (TPSA) is 71.8 Å². The third-order valence-electron chi connectivity index (χ3n) is 4.69. The van der Waals surface area contributed by atoms with Crippen LogP contribution in [0.5, 0.6) is 0 Å².